The minimum absolute atomic E-state index is 0.563. The maximum absolute atomic E-state index is 5.02. The molecule has 2 aromatic rings. The Hall–Kier alpha value is -1.32. The van der Waals surface area contributed by atoms with Crippen molar-refractivity contribution in [2.45, 2.75) is 6.42 Å². The molecule has 0 bridgehead atoms. The molecule has 0 aliphatic carbocycles. The van der Waals surface area contributed by atoms with Crippen LogP contribution in [0.1, 0.15) is 5.56 Å². The number of aromatic nitrogens is 1. The largest absolute Gasteiger partial charge is 0.350 e. The molecule has 1 aromatic carbocycles. The van der Waals surface area contributed by atoms with Crippen LogP contribution in [0.25, 0.3) is 10.9 Å². The molecule has 0 atom stereocenters. The summed E-state index contributed by atoms with van der Waals surface area (Å²) in [6.45, 7) is 0.563. The molecule has 0 aliphatic rings. The van der Waals surface area contributed by atoms with Crippen LogP contribution in [0, 0.1) is 0 Å². The average molecular weight is 190 g/mol. The fourth-order valence-electron chi connectivity index (χ4n) is 1.79. The van der Waals surface area contributed by atoms with Gasteiger partial charge in [-0.25, -0.2) is 5.90 Å². The van der Waals surface area contributed by atoms with Crippen LogP contribution in [0.3, 0.4) is 0 Å². The van der Waals surface area contributed by atoms with Gasteiger partial charge in [-0.15, -0.1) is 0 Å². The summed E-state index contributed by atoms with van der Waals surface area (Å²) in [7, 11) is 2.05. The molecule has 0 radical (unpaired) electrons. The summed E-state index contributed by atoms with van der Waals surface area (Å²) in [6.07, 6.45) is 2.99. The standard InChI is InChI=1S/C11H14N2O/c1-13-8-9(6-7-14-12)10-4-2-3-5-11(10)13/h2-5,8H,6-7,12H2,1H3. The van der Waals surface area contributed by atoms with E-state index in [1.165, 1.54) is 16.5 Å². The number of aryl methyl sites for hydroxylation is 1. The first-order chi connectivity index (χ1) is 6.83. The van der Waals surface area contributed by atoms with Crippen molar-refractivity contribution < 1.29 is 4.84 Å². The van der Waals surface area contributed by atoms with Crippen LogP contribution in [0.15, 0.2) is 30.5 Å². The van der Waals surface area contributed by atoms with Gasteiger partial charge in [-0.05, 0) is 18.1 Å². The SMILES string of the molecule is Cn1cc(CCON)c2ccccc21. The highest BCUT2D eigenvalue weighted by molar-refractivity contribution is 5.83. The maximum atomic E-state index is 5.02. The second kappa shape index (κ2) is 3.82. The van der Waals surface area contributed by atoms with Crippen molar-refractivity contribution in [2.24, 2.45) is 12.9 Å². The van der Waals surface area contributed by atoms with Gasteiger partial charge in [0.05, 0.1) is 6.61 Å². The fraction of sp³-hybridized carbons (Fsp3) is 0.273. The van der Waals surface area contributed by atoms with Gasteiger partial charge in [-0.1, -0.05) is 18.2 Å². The molecule has 0 saturated carbocycles. The molecule has 2 N–H and O–H groups in total. The zero-order chi connectivity index (χ0) is 9.97. The van der Waals surface area contributed by atoms with Crippen LogP contribution in [0.5, 0.6) is 0 Å². The molecule has 0 unspecified atom stereocenters. The van der Waals surface area contributed by atoms with Gasteiger partial charge in [0.2, 0.25) is 0 Å². The smallest absolute Gasteiger partial charge is 0.0720 e. The third-order valence-corrected chi connectivity index (χ3v) is 2.47. The van der Waals surface area contributed by atoms with E-state index < -0.39 is 0 Å². The first-order valence-corrected chi connectivity index (χ1v) is 4.67. The number of hydrogen-bond donors (Lipinski definition) is 1. The lowest BCUT2D eigenvalue weighted by atomic mass is 10.1. The van der Waals surface area contributed by atoms with E-state index in [1.54, 1.807) is 0 Å². The molecule has 3 nitrogen and oxygen atoms in total. The summed E-state index contributed by atoms with van der Waals surface area (Å²) in [5.41, 5.74) is 2.54. The van der Waals surface area contributed by atoms with Crippen molar-refractivity contribution in [3.8, 4) is 0 Å². The van der Waals surface area contributed by atoms with E-state index in [0.29, 0.717) is 6.61 Å². The van der Waals surface area contributed by atoms with Crippen LogP contribution < -0.4 is 5.90 Å². The number of fused-ring (bicyclic) bond motifs is 1. The molecule has 14 heavy (non-hydrogen) atoms. The Morgan fingerprint density at radius 1 is 1.36 bits per heavy atom. The summed E-state index contributed by atoms with van der Waals surface area (Å²) in [5.74, 6) is 5.02. The predicted octanol–water partition coefficient (Wildman–Crippen LogP) is 1.61. The molecule has 2 rings (SSSR count). The predicted molar refractivity (Wildman–Crippen MR) is 56.8 cm³/mol. The number of nitrogens with zero attached hydrogens (tertiary/aromatic N) is 1. The Kier molecular flexibility index (Phi) is 2.52. The number of nitrogens with two attached hydrogens (primary N) is 1. The van der Waals surface area contributed by atoms with Gasteiger partial charge in [0.25, 0.3) is 0 Å². The summed E-state index contributed by atoms with van der Waals surface area (Å²) in [5, 5.41) is 1.28. The number of para-hydroxylation sites is 1. The van der Waals surface area contributed by atoms with E-state index in [1.807, 2.05) is 6.07 Å². The molecule has 0 saturated heterocycles. The monoisotopic (exact) mass is 190 g/mol. The highest BCUT2D eigenvalue weighted by Gasteiger charge is 2.04. The topological polar surface area (TPSA) is 40.2 Å². The van der Waals surface area contributed by atoms with Crippen LogP contribution in [-0.4, -0.2) is 11.2 Å². The van der Waals surface area contributed by atoms with Gasteiger partial charge >= 0.3 is 0 Å². The first-order valence-electron chi connectivity index (χ1n) is 4.67. The van der Waals surface area contributed by atoms with Gasteiger partial charge < -0.3 is 9.40 Å². The minimum atomic E-state index is 0.563. The first kappa shape index (κ1) is 9.24. The summed E-state index contributed by atoms with van der Waals surface area (Å²) >= 11 is 0. The minimum Gasteiger partial charge on any atom is -0.350 e. The second-order valence-electron chi connectivity index (χ2n) is 3.40. The van der Waals surface area contributed by atoms with E-state index in [9.17, 15) is 0 Å². The van der Waals surface area contributed by atoms with Crippen LogP contribution in [0.2, 0.25) is 0 Å². The number of rotatable bonds is 3. The lowest BCUT2D eigenvalue weighted by molar-refractivity contribution is 0.141. The van der Waals surface area contributed by atoms with Gasteiger partial charge in [-0.2, -0.15) is 0 Å². The van der Waals surface area contributed by atoms with Gasteiger partial charge in [-0.3, -0.25) is 0 Å². The Bertz CT molecular complexity index is 434. The van der Waals surface area contributed by atoms with Crippen molar-refractivity contribution in [1.29, 1.82) is 0 Å². The van der Waals surface area contributed by atoms with Gasteiger partial charge in [0.15, 0.2) is 0 Å². The Balaban J connectivity index is 2.44. The Morgan fingerprint density at radius 2 is 2.14 bits per heavy atom. The Morgan fingerprint density at radius 3 is 2.93 bits per heavy atom. The molecule has 0 amide bonds. The van der Waals surface area contributed by atoms with E-state index in [2.05, 4.69) is 40.8 Å². The van der Waals surface area contributed by atoms with Crippen molar-refractivity contribution in [1.82, 2.24) is 4.57 Å². The number of benzene rings is 1. The summed E-state index contributed by atoms with van der Waals surface area (Å²) in [4.78, 5) is 4.59. The van der Waals surface area contributed by atoms with Crippen molar-refractivity contribution >= 4 is 10.9 Å². The van der Waals surface area contributed by atoms with Gasteiger partial charge in [0.1, 0.15) is 0 Å². The molecule has 1 aromatic heterocycles. The van der Waals surface area contributed by atoms with Crippen molar-refractivity contribution in [3.63, 3.8) is 0 Å². The molecule has 74 valence electrons. The van der Waals surface area contributed by atoms with E-state index in [0.717, 1.165) is 6.42 Å². The number of hydrogen-bond acceptors (Lipinski definition) is 2. The molecule has 1 heterocycles. The lowest BCUT2D eigenvalue weighted by Crippen LogP contribution is -2.03. The third kappa shape index (κ3) is 1.52. The average Bonchev–Trinajstić information content (AvgIpc) is 2.54. The van der Waals surface area contributed by atoms with Gasteiger partial charge in [0, 0.05) is 24.1 Å². The highest BCUT2D eigenvalue weighted by atomic mass is 16.6. The highest BCUT2D eigenvalue weighted by Crippen LogP contribution is 2.20. The molecule has 0 fully saturated rings. The quantitative estimate of drug-likeness (QED) is 0.747. The maximum Gasteiger partial charge on any atom is 0.0720 e. The van der Waals surface area contributed by atoms with E-state index >= 15 is 0 Å². The lowest BCUT2D eigenvalue weighted by Gasteiger charge is -1.96. The van der Waals surface area contributed by atoms with E-state index in [-0.39, 0.29) is 0 Å². The fourth-order valence-corrected chi connectivity index (χ4v) is 1.79. The second-order valence-corrected chi connectivity index (χ2v) is 3.40. The van der Waals surface area contributed by atoms with Crippen LogP contribution in [-0.2, 0) is 18.3 Å². The van der Waals surface area contributed by atoms with Crippen LogP contribution >= 0.6 is 0 Å². The molecular weight excluding hydrogens is 176 g/mol. The van der Waals surface area contributed by atoms with Crippen molar-refractivity contribution in [3.05, 3.63) is 36.0 Å². The normalized spacial score (nSPS) is 11.0. The van der Waals surface area contributed by atoms with Crippen molar-refractivity contribution in [2.75, 3.05) is 6.61 Å². The molecular formula is C11H14N2O. The summed E-state index contributed by atoms with van der Waals surface area (Å²) in [6, 6.07) is 8.34. The van der Waals surface area contributed by atoms with Crippen LogP contribution in [0.4, 0.5) is 0 Å². The molecule has 3 heteroatoms. The molecule has 0 spiro atoms. The molecule has 0 aliphatic heterocycles. The zero-order valence-corrected chi connectivity index (χ0v) is 8.23. The van der Waals surface area contributed by atoms with E-state index in [4.69, 9.17) is 5.90 Å². The zero-order valence-electron chi connectivity index (χ0n) is 8.23. The summed E-state index contributed by atoms with van der Waals surface area (Å²) < 4.78 is 2.13. The third-order valence-electron chi connectivity index (χ3n) is 2.47. The Labute approximate surface area is 83.0 Å².